The number of hydrogen-bond acceptors (Lipinski definition) is 5. The van der Waals surface area contributed by atoms with Crippen molar-refractivity contribution in [1.29, 1.82) is 0 Å². The van der Waals surface area contributed by atoms with Crippen LogP contribution in [0.5, 0.6) is 17.2 Å². The van der Waals surface area contributed by atoms with Crippen LogP contribution in [0.4, 0.5) is 0 Å². The number of aliphatic hydroxyl groups is 1. The number of aromatic hydroxyl groups is 1. The van der Waals surface area contributed by atoms with Crippen LogP contribution in [0.25, 0.3) is 0 Å². The molecule has 1 aliphatic rings. The summed E-state index contributed by atoms with van der Waals surface area (Å²) in [5, 5.41) is 23.6. The third-order valence-electron chi connectivity index (χ3n) is 4.56. The molecule has 2 aromatic rings. The molecule has 1 aliphatic heterocycles. The molecule has 0 fully saturated rings. The summed E-state index contributed by atoms with van der Waals surface area (Å²) >= 11 is 0. The Morgan fingerprint density at radius 1 is 1.08 bits per heavy atom. The summed E-state index contributed by atoms with van der Waals surface area (Å²) in [5.41, 5.74) is 2.72. The number of phenols is 1. The second-order valence-electron chi connectivity index (χ2n) is 6.74. The largest absolute Gasteiger partial charge is 0.508 e. The molecular weight excluding hydrogens is 318 g/mol. The van der Waals surface area contributed by atoms with Gasteiger partial charge in [-0.2, -0.15) is 0 Å². The van der Waals surface area contributed by atoms with Crippen molar-refractivity contribution in [2.24, 2.45) is 0 Å². The predicted octanol–water partition coefficient (Wildman–Crippen LogP) is 3.07. The molecule has 3 N–H and O–H groups in total. The molecule has 5 heteroatoms. The van der Waals surface area contributed by atoms with E-state index in [2.05, 4.69) is 12.2 Å². The number of aliphatic hydroxyl groups excluding tert-OH is 1. The number of benzene rings is 2. The molecule has 5 nitrogen and oxygen atoms in total. The second kappa shape index (κ2) is 7.33. The number of ether oxygens (including phenoxy) is 2. The van der Waals surface area contributed by atoms with Gasteiger partial charge in [0.2, 0.25) is 6.79 Å². The van der Waals surface area contributed by atoms with Gasteiger partial charge in [0, 0.05) is 12.1 Å². The minimum atomic E-state index is -0.640. The van der Waals surface area contributed by atoms with Gasteiger partial charge in [-0.05, 0) is 68.1 Å². The van der Waals surface area contributed by atoms with Gasteiger partial charge in [0.15, 0.2) is 11.5 Å². The summed E-state index contributed by atoms with van der Waals surface area (Å²) in [7, 11) is 0. The van der Waals surface area contributed by atoms with Gasteiger partial charge in [0.25, 0.3) is 0 Å². The van der Waals surface area contributed by atoms with E-state index in [0.717, 1.165) is 34.6 Å². The molecule has 0 saturated heterocycles. The third-order valence-corrected chi connectivity index (χ3v) is 4.56. The first-order chi connectivity index (χ1) is 11.9. The number of hydrogen-bond donors (Lipinski definition) is 3. The van der Waals surface area contributed by atoms with Gasteiger partial charge in [-0.15, -0.1) is 0 Å². The minimum absolute atomic E-state index is 0.118. The summed E-state index contributed by atoms with van der Waals surface area (Å²) in [5.74, 6) is 1.82. The van der Waals surface area contributed by atoms with Crippen molar-refractivity contribution < 1.29 is 19.7 Å². The SMILES string of the molecule is Cc1cc(C(O)C(C)NC(C)Cc2ccc3c(c2)OCO3)ccc1O. The summed E-state index contributed by atoms with van der Waals surface area (Å²) in [6, 6.07) is 11.2. The number of phenolic OH excluding ortho intramolecular Hbond substituents is 1. The Hall–Kier alpha value is -2.24. The van der Waals surface area contributed by atoms with E-state index in [4.69, 9.17) is 9.47 Å². The van der Waals surface area contributed by atoms with E-state index in [0.29, 0.717) is 0 Å². The molecule has 134 valence electrons. The maximum Gasteiger partial charge on any atom is 0.231 e. The van der Waals surface area contributed by atoms with Crippen LogP contribution < -0.4 is 14.8 Å². The van der Waals surface area contributed by atoms with Gasteiger partial charge >= 0.3 is 0 Å². The minimum Gasteiger partial charge on any atom is -0.508 e. The van der Waals surface area contributed by atoms with Crippen LogP contribution in [-0.4, -0.2) is 29.1 Å². The zero-order chi connectivity index (χ0) is 18.0. The van der Waals surface area contributed by atoms with Gasteiger partial charge in [-0.3, -0.25) is 0 Å². The van der Waals surface area contributed by atoms with Crippen LogP contribution in [0.2, 0.25) is 0 Å². The lowest BCUT2D eigenvalue weighted by Crippen LogP contribution is -2.39. The fourth-order valence-electron chi connectivity index (χ4n) is 3.17. The maximum absolute atomic E-state index is 10.6. The molecule has 0 amide bonds. The summed E-state index contributed by atoms with van der Waals surface area (Å²) < 4.78 is 10.7. The van der Waals surface area contributed by atoms with Crippen molar-refractivity contribution >= 4 is 0 Å². The molecule has 0 saturated carbocycles. The normalized spacial score (nSPS) is 16.5. The van der Waals surface area contributed by atoms with Gasteiger partial charge in [-0.1, -0.05) is 12.1 Å². The number of fused-ring (bicyclic) bond motifs is 1. The van der Waals surface area contributed by atoms with E-state index in [1.54, 1.807) is 12.1 Å². The molecule has 3 rings (SSSR count). The fourth-order valence-corrected chi connectivity index (χ4v) is 3.17. The Balaban J connectivity index is 1.59. The third kappa shape index (κ3) is 4.06. The maximum atomic E-state index is 10.6. The van der Waals surface area contributed by atoms with E-state index in [-0.39, 0.29) is 24.6 Å². The van der Waals surface area contributed by atoms with Crippen molar-refractivity contribution in [3.63, 3.8) is 0 Å². The Morgan fingerprint density at radius 3 is 2.60 bits per heavy atom. The zero-order valence-electron chi connectivity index (χ0n) is 14.8. The zero-order valence-corrected chi connectivity index (χ0v) is 14.8. The average molecular weight is 343 g/mol. The van der Waals surface area contributed by atoms with Crippen molar-refractivity contribution in [3.8, 4) is 17.2 Å². The molecule has 1 heterocycles. The summed E-state index contributed by atoms with van der Waals surface area (Å²) in [6.07, 6.45) is 0.181. The van der Waals surface area contributed by atoms with Gasteiger partial charge in [0.05, 0.1) is 6.10 Å². The van der Waals surface area contributed by atoms with E-state index < -0.39 is 6.10 Å². The van der Waals surface area contributed by atoms with Crippen LogP contribution >= 0.6 is 0 Å². The monoisotopic (exact) mass is 343 g/mol. The molecule has 2 aromatic carbocycles. The topological polar surface area (TPSA) is 71.0 Å². The smallest absolute Gasteiger partial charge is 0.231 e. The number of aryl methyl sites for hydroxylation is 1. The lowest BCUT2D eigenvalue weighted by molar-refractivity contribution is 0.130. The van der Waals surface area contributed by atoms with Crippen LogP contribution in [0.1, 0.15) is 36.6 Å². The molecule has 25 heavy (non-hydrogen) atoms. The highest BCUT2D eigenvalue weighted by molar-refractivity contribution is 5.44. The highest BCUT2D eigenvalue weighted by Crippen LogP contribution is 2.32. The predicted molar refractivity (Wildman–Crippen MR) is 96.1 cm³/mol. The number of rotatable bonds is 6. The van der Waals surface area contributed by atoms with Crippen LogP contribution in [0, 0.1) is 6.92 Å². The first-order valence-corrected chi connectivity index (χ1v) is 8.56. The molecule has 3 atom stereocenters. The molecule has 0 bridgehead atoms. The summed E-state index contributed by atoms with van der Waals surface area (Å²) in [6.45, 7) is 6.16. The quantitative estimate of drug-likeness (QED) is 0.752. The highest BCUT2D eigenvalue weighted by atomic mass is 16.7. The Morgan fingerprint density at radius 2 is 1.84 bits per heavy atom. The average Bonchev–Trinajstić information content (AvgIpc) is 3.04. The van der Waals surface area contributed by atoms with E-state index in [1.165, 1.54) is 0 Å². The first-order valence-electron chi connectivity index (χ1n) is 8.56. The molecular formula is C20H25NO4. The molecule has 0 spiro atoms. The highest BCUT2D eigenvalue weighted by Gasteiger charge is 2.20. The Kier molecular flexibility index (Phi) is 5.16. The Labute approximate surface area is 148 Å². The Bertz CT molecular complexity index is 746. The molecule has 0 aromatic heterocycles. The van der Waals surface area contributed by atoms with E-state index in [9.17, 15) is 10.2 Å². The van der Waals surface area contributed by atoms with Gasteiger partial charge in [0.1, 0.15) is 5.75 Å². The lowest BCUT2D eigenvalue weighted by atomic mass is 9.99. The van der Waals surface area contributed by atoms with Crippen LogP contribution in [-0.2, 0) is 6.42 Å². The molecule has 0 aliphatic carbocycles. The first kappa shape index (κ1) is 17.6. The van der Waals surface area contributed by atoms with E-state index in [1.807, 2.05) is 38.1 Å². The standard InChI is InChI=1S/C20H25NO4/c1-12-8-16(5-6-17(12)22)20(23)14(3)21-13(2)9-15-4-7-18-19(10-15)25-11-24-18/h4-8,10,13-14,20-23H,9,11H2,1-3H3. The van der Waals surface area contributed by atoms with Crippen molar-refractivity contribution in [3.05, 3.63) is 53.1 Å². The van der Waals surface area contributed by atoms with Crippen LogP contribution in [0.3, 0.4) is 0 Å². The van der Waals surface area contributed by atoms with Gasteiger partial charge < -0.3 is 25.0 Å². The van der Waals surface area contributed by atoms with Gasteiger partial charge in [-0.25, -0.2) is 0 Å². The lowest BCUT2D eigenvalue weighted by Gasteiger charge is -2.25. The van der Waals surface area contributed by atoms with Crippen LogP contribution in [0.15, 0.2) is 36.4 Å². The second-order valence-corrected chi connectivity index (χ2v) is 6.74. The van der Waals surface area contributed by atoms with Crippen molar-refractivity contribution in [1.82, 2.24) is 5.32 Å². The van der Waals surface area contributed by atoms with E-state index >= 15 is 0 Å². The molecule has 0 radical (unpaired) electrons. The van der Waals surface area contributed by atoms with Crippen molar-refractivity contribution in [2.45, 2.75) is 45.4 Å². The molecule has 3 unspecified atom stereocenters. The summed E-state index contributed by atoms with van der Waals surface area (Å²) in [4.78, 5) is 0. The fraction of sp³-hybridized carbons (Fsp3) is 0.400. The number of nitrogens with one attached hydrogen (secondary N) is 1. The van der Waals surface area contributed by atoms with Crippen molar-refractivity contribution in [2.75, 3.05) is 6.79 Å².